The minimum absolute atomic E-state index is 0.0450. The molecule has 0 unspecified atom stereocenters. The summed E-state index contributed by atoms with van der Waals surface area (Å²) < 4.78 is 5.69. The van der Waals surface area contributed by atoms with Crippen molar-refractivity contribution in [3.8, 4) is 0 Å². The second-order valence-corrected chi connectivity index (χ2v) is 6.72. The molecule has 6 nitrogen and oxygen atoms in total. The predicted molar refractivity (Wildman–Crippen MR) is 106 cm³/mol. The van der Waals surface area contributed by atoms with Gasteiger partial charge in [0.15, 0.2) is 0 Å². The molecule has 0 spiro atoms. The first-order chi connectivity index (χ1) is 13.7. The van der Waals surface area contributed by atoms with Crippen LogP contribution in [0, 0.1) is 0 Å². The first-order valence-corrected chi connectivity index (χ1v) is 9.32. The average molecular weight is 375 g/mol. The summed E-state index contributed by atoms with van der Waals surface area (Å²) in [5.41, 5.74) is 1.56. The van der Waals surface area contributed by atoms with E-state index in [9.17, 15) is 9.59 Å². The highest BCUT2D eigenvalue weighted by molar-refractivity contribution is 5.92. The van der Waals surface area contributed by atoms with Crippen LogP contribution in [0.3, 0.4) is 0 Å². The van der Waals surface area contributed by atoms with E-state index in [1.54, 1.807) is 22.1 Å². The molecule has 1 aliphatic heterocycles. The number of benzene rings is 1. The molecular formula is C22H21N3O3. The Kier molecular flexibility index (Phi) is 5.19. The van der Waals surface area contributed by atoms with Crippen LogP contribution in [0.2, 0.25) is 0 Å². The lowest BCUT2D eigenvalue weighted by molar-refractivity contribution is -0.136. The monoisotopic (exact) mass is 375 g/mol. The summed E-state index contributed by atoms with van der Waals surface area (Å²) in [5.74, 6) is 0.625. The van der Waals surface area contributed by atoms with E-state index in [1.165, 1.54) is 6.08 Å². The van der Waals surface area contributed by atoms with Gasteiger partial charge in [-0.1, -0.05) is 24.3 Å². The summed E-state index contributed by atoms with van der Waals surface area (Å²) in [5, 5.41) is 1.01. The van der Waals surface area contributed by atoms with E-state index in [4.69, 9.17) is 4.42 Å². The molecule has 3 aromatic rings. The van der Waals surface area contributed by atoms with Gasteiger partial charge < -0.3 is 14.2 Å². The van der Waals surface area contributed by atoms with Crippen molar-refractivity contribution in [2.45, 2.75) is 6.42 Å². The van der Waals surface area contributed by atoms with Crippen molar-refractivity contribution in [1.29, 1.82) is 0 Å². The largest absolute Gasteiger partial charge is 0.457 e. The first kappa shape index (κ1) is 18.0. The number of pyridine rings is 1. The van der Waals surface area contributed by atoms with Crippen LogP contribution in [-0.2, 0) is 16.0 Å². The normalized spacial score (nSPS) is 14.7. The number of rotatable bonds is 4. The lowest BCUT2D eigenvalue weighted by atomic mass is 10.2. The molecule has 0 bridgehead atoms. The van der Waals surface area contributed by atoms with E-state index < -0.39 is 0 Å². The van der Waals surface area contributed by atoms with Gasteiger partial charge in [0.25, 0.3) is 0 Å². The molecule has 0 atom stereocenters. The van der Waals surface area contributed by atoms with Crippen LogP contribution in [0.5, 0.6) is 0 Å². The number of amides is 2. The summed E-state index contributed by atoms with van der Waals surface area (Å²) in [7, 11) is 0. The maximum Gasteiger partial charge on any atom is 0.246 e. The van der Waals surface area contributed by atoms with Crippen LogP contribution in [-0.4, -0.2) is 52.8 Å². The van der Waals surface area contributed by atoms with E-state index in [1.807, 2.05) is 48.5 Å². The Bertz CT molecular complexity index is 969. The number of carbonyl (C=O) groups is 2. The average Bonchev–Trinajstić information content (AvgIpc) is 3.16. The molecule has 1 saturated heterocycles. The van der Waals surface area contributed by atoms with Crippen LogP contribution in [0.4, 0.5) is 0 Å². The Morgan fingerprint density at radius 1 is 1.00 bits per heavy atom. The molecule has 6 heteroatoms. The van der Waals surface area contributed by atoms with E-state index in [2.05, 4.69) is 4.98 Å². The van der Waals surface area contributed by atoms with Gasteiger partial charge >= 0.3 is 0 Å². The summed E-state index contributed by atoms with van der Waals surface area (Å²) >= 11 is 0. The van der Waals surface area contributed by atoms with E-state index in [-0.39, 0.29) is 11.8 Å². The third kappa shape index (κ3) is 4.11. The minimum atomic E-state index is -0.0720. The zero-order valence-electron chi connectivity index (χ0n) is 15.5. The number of hydrogen-bond acceptors (Lipinski definition) is 4. The van der Waals surface area contributed by atoms with Crippen molar-refractivity contribution >= 4 is 28.9 Å². The molecule has 0 aliphatic carbocycles. The molecule has 3 heterocycles. The van der Waals surface area contributed by atoms with E-state index in [0.717, 1.165) is 16.7 Å². The van der Waals surface area contributed by atoms with Crippen LogP contribution < -0.4 is 0 Å². The van der Waals surface area contributed by atoms with E-state index in [0.29, 0.717) is 38.4 Å². The fraction of sp³-hybridized carbons (Fsp3) is 0.227. The van der Waals surface area contributed by atoms with Crippen LogP contribution >= 0.6 is 0 Å². The van der Waals surface area contributed by atoms with Crippen molar-refractivity contribution < 1.29 is 14.0 Å². The highest BCUT2D eigenvalue weighted by Gasteiger charge is 2.23. The van der Waals surface area contributed by atoms with Crippen molar-refractivity contribution in [3.63, 3.8) is 0 Å². The van der Waals surface area contributed by atoms with Gasteiger partial charge in [-0.2, -0.15) is 0 Å². The first-order valence-electron chi connectivity index (χ1n) is 9.32. The van der Waals surface area contributed by atoms with Gasteiger partial charge in [-0.25, -0.2) is 0 Å². The Morgan fingerprint density at radius 3 is 2.50 bits per heavy atom. The second-order valence-electron chi connectivity index (χ2n) is 6.72. The Hall–Kier alpha value is -3.41. The third-order valence-electron chi connectivity index (χ3n) is 4.84. The minimum Gasteiger partial charge on any atom is -0.457 e. The number of fused-ring (bicyclic) bond motifs is 1. The fourth-order valence-corrected chi connectivity index (χ4v) is 3.29. The molecule has 0 saturated carbocycles. The molecule has 28 heavy (non-hydrogen) atoms. The van der Waals surface area contributed by atoms with Crippen molar-refractivity contribution in [1.82, 2.24) is 14.8 Å². The summed E-state index contributed by atoms with van der Waals surface area (Å²) in [4.78, 5) is 32.6. The Balaban J connectivity index is 1.30. The standard InChI is InChI=1S/C22H21N3O3/c26-21(9-8-19-15-17-5-1-2-7-20(17)28-19)24-11-13-25(14-12-24)22(27)16-18-6-3-4-10-23-18/h1-10,15H,11-14,16H2. The van der Waals surface area contributed by atoms with Gasteiger partial charge in [0.1, 0.15) is 11.3 Å². The van der Waals surface area contributed by atoms with Crippen molar-refractivity contribution in [3.05, 3.63) is 72.3 Å². The van der Waals surface area contributed by atoms with Crippen molar-refractivity contribution in [2.75, 3.05) is 26.2 Å². The smallest absolute Gasteiger partial charge is 0.246 e. The highest BCUT2D eigenvalue weighted by atomic mass is 16.3. The zero-order chi connectivity index (χ0) is 19.3. The molecule has 2 amide bonds. The SMILES string of the molecule is O=C(C=Cc1cc2ccccc2o1)N1CCN(C(=O)Cc2ccccn2)CC1. The lowest BCUT2D eigenvalue weighted by Gasteiger charge is -2.34. The summed E-state index contributed by atoms with van der Waals surface area (Å²) in [6, 6.07) is 15.2. The quantitative estimate of drug-likeness (QED) is 0.658. The second kappa shape index (κ2) is 8.08. The Labute approximate surface area is 163 Å². The number of furan rings is 1. The maximum absolute atomic E-state index is 12.4. The molecule has 1 aromatic carbocycles. The van der Waals surface area contributed by atoms with Crippen LogP contribution in [0.25, 0.3) is 17.0 Å². The third-order valence-corrected chi connectivity index (χ3v) is 4.84. The number of nitrogens with zero attached hydrogens (tertiary/aromatic N) is 3. The summed E-state index contributed by atoms with van der Waals surface area (Å²) in [6.07, 6.45) is 5.21. The molecule has 1 fully saturated rings. The van der Waals surface area contributed by atoms with Gasteiger partial charge in [-0.3, -0.25) is 14.6 Å². The highest BCUT2D eigenvalue weighted by Crippen LogP contribution is 2.19. The predicted octanol–water partition coefficient (Wildman–Crippen LogP) is 2.75. The number of hydrogen-bond donors (Lipinski definition) is 0. The Morgan fingerprint density at radius 2 is 1.75 bits per heavy atom. The number of para-hydroxylation sites is 1. The van der Waals surface area contributed by atoms with Gasteiger partial charge in [-0.05, 0) is 30.3 Å². The van der Waals surface area contributed by atoms with E-state index >= 15 is 0 Å². The van der Waals surface area contributed by atoms with Gasteiger partial charge in [0, 0.05) is 49.5 Å². The zero-order valence-corrected chi connectivity index (χ0v) is 15.5. The lowest BCUT2D eigenvalue weighted by Crippen LogP contribution is -2.50. The number of carbonyl (C=O) groups excluding carboxylic acids is 2. The summed E-state index contributed by atoms with van der Waals surface area (Å²) in [6.45, 7) is 2.13. The topological polar surface area (TPSA) is 66.7 Å². The van der Waals surface area contributed by atoms with Crippen LogP contribution in [0.15, 0.2) is 65.2 Å². The van der Waals surface area contributed by atoms with Crippen molar-refractivity contribution in [2.24, 2.45) is 0 Å². The number of aromatic nitrogens is 1. The van der Waals surface area contributed by atoms with Crippen LogP contribution in [0.1, 0.15) is 11.5 Å². The molecule has 4 rings (SSSR count). The molecule has 0 N–H and O–H groups in total. The van der Waals surface area contributed by atoms with Gasteiger partial charge in [0.2, 0.25) is 11.8 Å². The molecule has 1 aliphatic rings. The fourth-order valence-electron chi connectivity index (χ4n) is 3.29. The molecule has 142 valence electrons. The van der Waals surface area contributed by atoms with Gasteiger partial charge in [-0.15, -0.1) is 0 Å². The van der Waals surface area contributed by atoms with Gasteiger partial charge in [0.05, 0.1) is 6.42 Å². The molecular weight excluding hydrogens is 354 g/mol. The molecule has 2 aromatic heterocycles. The molecule has 0 radical (unpaired) electrons. The number of piperazine rings is 1. The maximum atomic E-state index is 12.4.